The lowest BCUT2D eigenvalue weighted by Crippen LogP contribution is -2.27. The Morgan fingerprint density at radius 2 is 2.24 bits per heavy atom. The highest BCUT2D eigenvalue weighted by atomic mass is 16.5. The zero-order valence-electron chi connectivity index (χ0n) is 13.6. The van der Waals surface area contributed by atoms with Gasteiger partial charge in [0.2, 0.25) is 5.91 Å². The average Bonchev–Trinajstić information content (AvgIpc) is 3.32. The number of hydrogen-bond acceptors (Lipinski definition) is 4. The van der Waals surface area contributed by atoms with Gasteiger partial charge in [0, 0.05) is 25.1 Å². The third-order valence-electron chi connectivity index (χ3n) is 4.42. The second kappa shape index (κ2) is 6.56. The van der Waals surface area contributed by atoms with Gasteiger partial charge in [-0.1, -0.05) is 12.1 Å². The molecule has 1 saturated heterocycles. The van der Waals surface area contributed by atoms with Crippen LogP contribution < -0.4 is 11.0 Å². The first kappa shape index (κ1) is 15.6. The van der Waals surface area contributed by atoms with Crippen LogP contribution in [0.1, 0.15) is 6.42 Å². The second-order valence-electron chi connectivity index (χ2n) is 6.21. The predicted molar refractivity (Wildman–Crippen MR) is 92.3 cm³/mol. The number of anilines is 1. The molecule has 3 heterocycles. The minimum atomic E-state index is -0.298. The molecule has 2 aromatic heterocycles. The second-order valence-corrected chi connectivity index (χ2v) is 6.21. The molecular formula is C17H19N5O3. The largest absolute Gasteiger partial charge is 0.381 e. The van der Waals surface area contributed by atoms with Gasteiger partial charge in [0.05, 0.1) is 23.8 Å². The van der Waals surface area contributed by atoms with E-state index in [1.54, 1.807) is 16.9 Å². The summed E-state index contributed by atoms with van der Waals surface area (Å²) in [6.45, 7) is 2.14. The van der Waals surface area contributed by atoms with E-state index in [9.17, 15) is 9.59 Å². The molecular weight excluding hydrogens is 322 g/mol. The molecule has 0 saturated carbocycles. The van der Waals surface area contributed by atoms with Crippen LogP contribution in [-0.2, 0) is 22.6 Å². The van der Waals surface area contributed by atoms with E-state index in [1.807, 2.05) is 24.3 Å². The van der Waals surface area contributed by atoms with Crippen molar-refractivity contribution in [3.8, 4) is 0 Å². The van der Waals surface area contributed by atoms with Gasteiger partial charge in [0.15, 0.2) is 0 Å². The lowest BCUT2D eigenvalue weighted by Gasteiger charge is -2.12. The lowest BCUT2D eigenvalue weighted by molar-refractivity contribution is -0.116. The standard InChI is InChI=1S/C17H19N5O3/c23-16(10-21-14-4-2-1-3-13(14)19-17(21)24)20-15-5-7-18-22(15)9-12-6-8-25-11-12/h1-5,7,12H,6,8-11H2,(H,19,24)(H,20,23). The summed E-state index contributed by atoms with van der Waals surface area (Å²) < 4.78 is 8.58. The first-order valence-corrected chi connectivity index (χ1v) is 8.27. The molecule has 130 valence electrons. The van der Waals surface area contributed by atoms with E-state index in [1.165, 1.54) is 4.57 Å². The molecule has 25 heavy (non-hydrogen) atoms. The van der Waals surface area contributed by atoms with Gasteiger partial charge in [-0.3, -0.25) is 9.36 Å². The molecule has 8 nitrogen and oxygen atoms in total. The Labute approximate surface area is 143 Å². The van der Waals surface area contributed by atoms with Crippen LogP contribution in [0.4, 0.5) is 5.82 Å². The van der Waals surface area contributed by atoms with Crippen LogP contribution in [0.5, 0.6) is 0 Å². The van der Waals surface area contributed by atoms with Crippen LogP contribution in [0.2, 0.25) is 0 Å². The average molecular weight is 341 g/mol. The number of para-hydroxylation sites is 2. The first-order valence-electron chi connectivity index (χ1n) is 8.27. The maximum absolute atomic E-state index is 12.4. The molecule has 2 N–H and O–H groups in total. The summed E-state index contributed by atoms with van der Waals surface area (Å²) in [6, 6.07) is 9.05. The fourth-order valence-electron chi connectivity index (χ4n) is 3.15. The Hall–Kier alpha value is -2.87. The van der Waals surface area contributed by atoms with Gasteiger partial charge in [-0.2, -0.15) is 5.10 Å². The van der Waals surface area contributed by atoms with Crippen LogP contribution in [0.25, 0.3) is 11.0 Å². The molecule has 0 radical (unpaired) electrons. The van der Waals surface area contributed by atoms with Crippen molar-refractivity contribution >= 4 is 22.8 Å². The number of amides is 1. The van der Waals surface area contributed by atoms with Gasteiger partial charge in [-0.15, -0.1) is 0 Å². The highest BCUT2D eigenvalue weighted by Crippen LogP contribution is 2.17. The van der Waals surface area contributed by atoms with E-state index in [2.05, 4.69) is 15.4 Å². The summed E-state index contributed by atoms with van der Waals surface area (Å²) in [7, 11) is 0. The Bertz CT molecular complexity index is 949. The van der Waals surface area contributed by atoms with Crippen LogP contribution in [0.3, 0.4) is 0 Å². The molecule has 0 spiro atoms. The molecule has 4 rings (SSSR count). The minimum Gasteiger partial charge on any atom is -0.381 e. The molecule has 1 fully saturated rings. The summed E-state index contributed by atoms with van der Waals surface area (Å²) in [5.74, 6) is 0.771. The Morgan fingerprint density at radius 3 is 3.08 bits per heavy atom. The molecule has 1 aliphatic heterocycles. The number of aromatic nitrogens is 4. The molecule has 1 atom stereocenters. The summed E-state index contributed by atoms with van der Waals surface area (Å²) in [5, 5.41) is 7.11. The fourth-order valence-corrected chi connectivity index (χ4v) is 3.15. The Morgan fingerprint density at radius 1 is 1.36 bits per heavy atom. The summed E-state index contributed by atoms with van der Waals surface area (Å²) in [5.41, 5.74) is 1.12. The number of carbonyl (C=O) groups is 1. The van der Waals surface area contributed by atoms with Crippen molar-refractivity contribution in [2.24, 2.45) is 5.92 Å². The van der Waals surface area contributed by atoms with Crippen molar-refractivity contribution in [3.05, 3.63) is 47.0 Å². The number of rotatable bonds is 5. The topological polar surface area (TPSA) is 93.9 Å². The first-order chi connectivity index (χ1) is 12.2. The number of ether oxygens (including phenoxy) is 1. The van der Waals surface area contributed by atoms with E-state index >= 15 is 0 Å². The Kier molecular flexibility index (Phi) is 4.10. The highest BCUT2D eigenvalue weighted by Gasteiger charge is 2.18. The van der Waals surface area contributed by atoms with Crippen molar-refractivity contribution in [2.45, 2.75) is 19.5 Å². The molecule has 8 heteroatoms. The number of benzene rings is 1. The third-order valence-corrected chi connectivity index (χ3v) is 4.42. The van der Waals surface area contributed by atoms with Gasteiger partial charge in [-0.05, 0) is 18.6 Å². The smallest absolute Gasteiger partial charge is 0.326 e. The molecule has 0 bridgehead atoms. The van der Waals surface area contributed by atoms with Gasteiger partial charge >= 0.3 is 5.69 Å². The lowest BCUT2D eigenvalue weighted by atomic mass is 10.1. The third kappa shape index (κ3) is 3.20. The summed E-state index contributed by atoms with van der Waals surface area (Å²) in [4.78, 5) is 27.2. The van der Waals surface area contributed by atoms with E-state index in [4.69, 9.17) is 4.74 Å². The summed E-state index contributed by atoms with van der Waals surface area (Å²) >= 11 is 0. The number of nitrogens with zero attached hydrogens (tertiary/aromatic N) is 3. The van der Waals surface area contributed by atoms with Crippen molar-refractivity contribution < 1.29 is 9.53 Å². The van der Waals surface area contributed by atoms with Crippen LogP contribution in [0.15, 0.2) is 41.3 Å². The minimum absolute atomic E-state index is 0.0550. The number of nitrogens with one attached hydrogen (secondary N) is 2. The van der Waals surface area contributed by atoms with Crippen LogP contribution in [-0.4, -0.2) is 38.5 Å². The molecule has 1 aliphatic rings. The van der Waals surface area contributed by atoms with Crippen LogP contribution >= 0.6 is 0 Å². The van der Waals surface area contributed by atoms with Gasteiger partial charge in [0.25, 0.3) is 0 Å². The monoisotopic (exact) mass is 341 g/mol. The number of carbonyl (C=O) groups excluding carboxylic acids is 1. The van der Waals surface area contributed by atoms with Crippen molar-refractivity contribution in [1.82, 2.24) is 19.3 Å². The number of H-pyrrole nitrogens is 1. The maximum atomic E-state index is 12.4. The number of aromatic amines is 1. The Balaban J connectivity index is 1.48. The molecule has 1 unspecified atom stereocenters. The molecule has 1 amide bonds. The highest BCUT2D eigenvalue weighted by molar-refractivity contribution is 5.90. The van der Waals surface area contributed by atoms with Crippen LogP contribution in [0, 0.1) is 5.92 Å². The van der Waals surface area contributed by atoms with E-state index in [-0.39, 0.29) is 18.1 Å². The van der Waals surface area contributed by atoms with Crippen molar-refractivity contribution in [1.29, 1.82) is 0 Å². The number of fused-ring (bicyclic) bond motifs is 1. The zero-order chi connectivity index (χ0) is 17.2. The van der Waals surface area contributed by atoms with Gasteiger partial charge in [-0.25, -0.2) is 9.48 Å². The van der Waals surface area contributed by atoms with Crippen molar-refractivity contribution in [3.63, 3.8) is 0 Å². The molecule has 0 aliphatic carbocycles. The normalized spacial score (nSPS) is 17.2. The van der Waals surface area contributed by atoms with Crippen molar-refractivity contribution in [2.75, 3.05) is 18.5 Å². The van der Waals surface area contributed by atoms with Gasteiger partial charge < -0.3 is 15.0 Å². The zero-order valence-corrected chi connectivity index (χ0v) is 13.6. The molecule has 1 aromatic carbocycles. The molecule has 3 aromatic rings. The van der Waals surface area contributed by atoms with E-state index in [0.717, 1.165) is 19.6 Å². The predicted octanol–water partition coefficient (Wildman–Crippen LogP) is 1.20. The fraction of sp³-hybridized carbons (Fsp3) is 0.353. The van der Waals surface area contributed by atoms with E-state index < -0.39 is 0 Å². The summed E-state index contributed by atoms with van der Waals surface area (Å²) in [6.07, 6.45) is 2.65. The van der Waals surface area contributed by atoms with E-state index in [0.29, 0.717) is 29.3 Å². The maximum Gasteiger partial charge on any atom is 0.326 e. The SMILES string of the molecule is O=C(Cn1c(=O)[nH]c2ccccc21)Nc1ccnn1CC1CCOC1. The number of hydrogen-bond donors (Lipinski definition) is 2. The quantitative estimate of drug-likeness (QED) is 0.729. The number of imidazole rings is 1. The van der Waals surface area contributed by atoms with Gasteiger partial charge in [0.1, 0.15) is 12.4 Å².